The number of hydrogen-bond donors (Lipinski definition) is 2. The highest BCUT2D eigenvalue weighted by molar-refractivity contribution is 6.07. The fraction of sp³-hybridized carbons (Fsp3) is 0.240. The van der Waals surface area contributed by atoms with Crippen molar-refractivity contribution in [2.24, 2.45) is 0 Å². The second-order valence-electron chi connectivity index (χ2n) is 8.18. The highest BCUT2D eigenvalue weighted by atomic mass is 16.7. The van der Waals surface area contributed by atoms with Crippen LogP contribution in [0, 0.1) is 0 Å². The Morgan fingerprint density at radius 3 is 2.40 bits per heavy atom. The Kier molecular flexibility index (Phi) is 6.25. The number of hydrogen-bond acceptors (Lipinski definition) is 7. The first-order valence-corrected chi connectivity index (χ1v) is 11.3. The molecule has 178 valence electrons. The van der Waals surface area contributed by atoms with Crippen LogP contribution in [-0.2, 0) is 0 Å². The van der Waals surface area contributed by atoms with Crippen molar-refractivity contribution >= 4 is 23.5 Å². The van der Waals surface area contributed by atoms with Crippen LogP contribution in [0.5, 0.6) is 11.5 Å². The Morgan fingerprint density at radius 1 is 0.857 bits per heavy atom. The number of amides is 3. The predicted octanol–water partition coefficient (Wildman–Crippen LogP) is 2.49. The van der Waals surface area contributed by atoms with Gasteiger partial charge in [-0.05, 0) is 43.2 Å². The van der Waals surface area contributed by atoms with E-state index in [1.807, 2.05) is 6.07 Å². The van der Waals surface area contributed by atoms with Crippen molar-refractivity contribution < 1.29 is 23.9 Å². The van der Waals surface area contributed by atoms with E-state index in [1.54, 1.807) is 47.4 Å². The van der Waals surface area contributed by atoms with E-state index in [0.717, 1.165) is 0 Å². The zero-order valence-electron chi connectivity index (χ0n) is 18.8. The third-order valence-electron chi connectivity index (χ3n) is 5.92. The van der Waals surface area contributed by atoms with E-state index in [9.17, 15) is 14.4 Å². The summed E-state index contributed by atoms with van der Waals surface area (Å²) in [7, 11) is 0. The maximum Gasteiger partial charge on any atom is 0.273 e. The smallest absolute Gasteiger partial charge is 0.273 e. The van der Waals surface area contributed by atoms with Crippen LogP contribution in [-0.4, -0.2) is 58.5 Å². The van der Waals surface area contributed by atoms with Crippen LogP contribution in [0.3, 0.4) is 0 Å². The number of piperidine rings is 1. The van der Waals surface area contributed by atoms with Gasteiger partial charge in [-0.1, -0.05) is 18.2 Å². The quantitative estimate of drug-likeness (QED) is 0.584. The lowest BCUT2D eigenvalue weighted by Crippen LogP contribution is -2.46. The van der Waals surface area contributed by atoms with Crippen molar-refractivity contribution in [3.05, 3.63) is 77.7 Å². The third-order valence-corrected chi connectivity index (χ3v) is 5.92. The Bertz CT molecular complexity index is 1260. The van der Waals surface area contributed by atoms with Gasteiger partial charge in [0.1, 0.15) is 0 Å². The van der Waals surface area contributed by atoms with Crippen LogP contribution in [0.4, 0.5) is 5.82 Å². The number of ether oxygens (including phenoxy) is 2. The van der Waals surface area contributed by atoms with Crippen LogP contribution >= 0.6 is 0 Å². The van der Waals surface area contributed by atoms with Gasteiger partial charge in [-0.2, -0.15) is 0 Å². The second-order valence-corrected chi connectivity index (χ2v) is 8.18. The van der Waals surface area contributed by atoms with Crippen molar-refractivity contribution in [2.45, 2.75) is 18.9 Å². The van der Waals surface area contributed by atoms with Crippen molar-refractivity contribution in [3.63, 3.8) is 0 Å². The number of aromatic nitrogens is 2. The zero-order chi connectivity index (χ0) is 24.2. The van der Waals surface area contributed by atoms with Gasteiger partial charge in [-0.25, -0.2) is 9.97 Å². The van der Waals surface area contributed by atoms with Gasteiger partial charge in [0.05, 0.1) is 0 Å². The number of likely N-dealkylation sites (tertiary alicyclic amines) is 1. The highest BCUT2D eigenvalue weighted by Gasteiger charge is 2.27. The second kappa shape index (κ2) is 9.80. The summed E-state index contributed by atoms with van der Waals surface area (Å²) < 4.78 is 10.7. The van der Waals surface area contributed by atoms with Crippen molar-refractivity contribution in [3.8, 4) is 11.5 Å². The minimum atomic E-state index is -0.429. The minimum Gasteiger partial charge on any atom is -0.454 e. The van der Waals surface area contributed by atoms with Crippen LogP contribution in [0.2, 0.25) is 0 Å². The molecule has 0 bridgehead atoms. The van der Waals surface area contributed by atoms with Gasteiger partial charge in [-0.3, -0.25) is 14.4 Å². The van der Waals surface area contributed by atoms with E-state index in [0.29, 0.717) is 48.6 Å². The van der Waals surface area contributed by atoms with E-state index in [-0.39, 0.29) is 36.2 Å². The number of anilines is 1. The summed E-state index contributed by atoms with van der Waals surface area (Å²) in [5, 5.41) is 5.61. The molecule has 10 heteroatoms. The lowest BCUT2D eigenvalue weighted by molar-refractivity contribution is 0.0697. The van der Waals surface area contributed by atoms with Crippen LogP contribution < -0.4 is 20.1 Å². The zero-order valence-corrected chi connectivity index (χ0v) is 18.8. The number of nitrogens with zero attached hydrogens (tertiary/aromatic N) is 3. The molecule has 3 aromatic rings. The van der Waals surface area contributed by atoms with Gasteiger partial charge in [0.15, 0.2) is 23.0 Å². The normalized spacial score (nSPS) is 14.9. The van der Waals surface area contributed by atoms with E-state index in [2.05, 4.69) is 20.6 Å². The van der Waals surface area contributed by atoms with Crippen LogP contribution in [0.15, 0.2) is 60.9 Å². The largest absolute Gasteiger partial charge is 0.454 e. The average Bonchev–Trinajstić information content (AvgIpc) is 3.37. The van der Waals surface area contributed by atoms with Crippen molar-refractivity contribution in [2.75, 3.05) is 25.2 Å². The summed E-state index contributed by atoms with van der Waals surface area (Å²) in [4.78, 5) is 48.3. The molecule has 1 aromatic heterocycles. The molecule has 2 aromatic carbocycles. The molecule has 0 radical (unpaired) electrons. The Balaban J connectivity index is 1.18. The Labute approximate surface area is 201 Å². The average molecular weight is 473 g/mol. The Hall–Kier alpha value is -4.47. The van der Waals surface area contributed by atoms with Gasteiger partial charge in [0.2, 0.25) is 6.79 Å². The molecule has 3 heterocycles. The maximum atomic E-state index is 12.9. The summed E-state index contributed by atoms with van der Waals surface area (Å²) in [5.41, 5.74) is 1.02. The summed E-state index contributed by atoms with van der Waals surface area (Å²) >= 11 is 0. The molecule has 10 nitrogen and oxygen atoms in total. The van der Waals surface area contributed by atoms with Crippen molar-refractivity contribution in [1.29, 1.82) is 0 Å². The van der Waals surface area contributed by atoms with E-state index in [1.165, 1.54) is 12.4 Å². The first-order valence-electron chi connectivity index (χ1n) is 11.3. The predicted molar refractivity (Wildman–Crippen MR) is 125 cm³/mol. The minimum absolute atomic E-state index is 0.0376. The molecular formula is C25H23N5O5. The Morgan fingerprint density at radius 2 is 1.60 bits per heavy atom. The molecule has 0 aliphatic carbocycles. The lowest BCUT2D eigenvalue weighted by atomic mass is 10.0. The molecule has 35 heavy (non-hydrogen) atoms. The number of rotatable bonds is 5. The summed E-state index contributed by atoms with van der Waals surface area (Å²) in [5.74, 6) is 0.392. The van der Waals surface area contributed by atoms with Gasteiger partial charge in [0.25, 0.3) is 17.7 Å². The van der Waals surface area contributed by atoms with Gasteiger partial charge >= 0.3 is 0 Å². The topological polar surface area (TPSA) is 123 Å². The summed E-state index contributed by atoms with van der Waals surface area (Å²) in [6.45, 7) is 1.15. The van der Waals surface area contributed by atoms with E-state index >= 15 is 0 Å². The molecule has 1 fully saturated rings. The molecule has 2 aliphatic rings. The molecular weight excluding hydrogens is 450 g/mol. The van der Waals surface area contributed by atoms with E-state index in [4.69, 9.17) is 9.47 Å². The number of benzene rings is 2. The molecule has 2 N–H and O–H groups in total. The van der Waals surface area contributed by atoms with Crippen LogP contribution in [0.25, 0.3) is 0 Å². The standard InChI is InChI=1S/C25H23N5O5/c31-23(16-4-2-1-3-5-16)29-22-21(26-10-11-27-22)24(32)28-18-8-12-30(13-9-18)25(33)17-6-7-19-20(14-17)35-15-34-19/h1-7,10-11,14,18H,8-9,12-13,15H2,(H,28,32)(H,27,29,31). The highest BCUT2D eigenvalue weighted by Crippen LogP contribution is 2.33. The number of nitrogens with one attached hydrogen (secondary N) is 2. The fourth-order valence-corrected chi connectivity index (χ4v) is 4.06. The van der Waals surface area contributed by atoms with Crippen molar-refractivity contribution in [1.82, 2.24) is 20.2 Å². The lowest BCUT2D eigenvalue weighted by Gasteiger charge is -2.32. The summed E-state index contributed by atoms with van der Waals surface area (Å²) in [6, 6.07) is 13.7. The fourth-order valence-electron chi connectivity index (χ4n) is 4.06. The van der Waals surface area contributed by atoms with Crippen LogP contribution in [0.1, 0.15) is 44.0 Å². The molecule has 3 amide bonds. The van der Waals surface area contributed by atoms with Gasteiger partial charge in [0, 0.05) is 42.7 Å². The number of carbonyl (C=O) groups is 3. The first kappa shape index (κ1) is 22.3. The monoisotopic (exact) mass is 473 g/mol. The number of carbonyl (C=O) groups excluding carboxylic acids is 3. The molecule has 5 rings (SSSR count). The molecule has 2 aliphatic heterocycles. The molecule has 1 saturated heterocycles. The summed E-state index contributed by atoms with van der Waals surface area (Å²) in [6.07, 6.45) is 4.00. The number of fused-ring (bicyclic) bond motifs is 1. The molecule has 0 saturated carbocycles. The molecule has 0 unspecified atom stereocenters. The van der Waals surface area contributed by atoms with Gasteiger partial charge in [-0.15, -0.1) is 0 Å². The SMILES string of the molecule is O=C(Nc1nccnc1C(=O)NC1CCN(C(=O)c2ccc3c(c2)OCO3)CC1)c1ccccc1. The maximum absolute atomic E-state index is 12.9. The van der Waals surface area contributed by atoms with E-state index < -0.39 is 5.91 Å². The molecule has 0 atom stereocenters. The molecule has 0 spiro atoms. The first-order chi connectivity index (χ1) is 17.1. The van der Waals surface area contributed by atoms with Gasteiger partial charge < -0.3 is 25.0 Å². The third kappa shape index (κ3) is 4.91.